The summed E-state index contributed by atoms with van der Waals surface area (Å²) in [7, 11) is 0. The van der Waals surface area contributed by atoms with E-state index in [-0.39, 0.29) is 18.6 Å². The van der Waals surface area contributed by atoms with Crippen LogP contribution in [0.4, 0.5) is 4.79 Å². The third-order valence-corrected chi connectivity index (χ3v) is 4.51. The van der Waals surface area contributed by atoms with E-state index in [2.05, 4.69) is 17.6 Å². The predicted molar refractivity (Wildman–Crippen MR) is 77.2 cm³/mol. The molecule has 1 aromatic heterocycles. The number of urea groups is 1. The maximum atomic E-state index is 11.8. The quantitative estimate of drug-likeness (QED) is 0.795. The normalized spacial score (nSPS) is 24.7. The fraction of sp³-hybridized carbons (Fsp3) is 0.643. The predicted octanol–water partition coefficient (Wildman–Crippen LogP) is 2.66. The number of hydrogen-bond donors (Lipinski definition) is 3. The van der Waals surface area contributed by atoms with E-state index in [1.165, 1.54) is 19.3 Å². The van der Waals surface area contributed by atoms with Crippen molar-refractivity contribution in [2.75, 3.05) is 6.54 Å². The summed E-state index contributed by atoms with van der Waals surface area (Å²) in [5.41, 5.74) is 0.858. The lowest BCUT2D eigenvalue weighted by Crippen LogP contribution is -2.46. The van der Waals surface area contributed by atoms with Crippen molar-refractivity contribution in [1.29, 1.82) is 0 Å². The summed E-state index contributed by atoms with van der Waals surface area (Å²) < 4.78 is 0. The molecule has 19 heavy (non-hydrogen) atoms. The molecule has 0 spiro atoms. The summed E-state index contributed by atoms with van der Waals surface area (Å²) in [5.74, 6) is 0.543. The molecule has 0 radical (unpaired) electrons. The van der Waals surface area contributed by atoms with Gasteiger partial charge in [-0.25, -0.2) is 4.79 Å². The Kier molecular flexibility index (Phi) is 5.22. The molecule has 0 bridgehead atoms. The molecule has 2 rings (SSSR count). The van der Waals surface area contributed by atoms with E-state index >= 15 is 0 Å². The summed E-state index contributed by atoms with van der Waals surface area (Å²) >= 11 is 1.54. The monoisotopic (exact) mass is 282 g/mol. The molecule has 106 valence electrons. The first-order valence-corrected chi connectivity index (χ1v) is 7.85. The second-order valence-corrected chi connectivity index (χ2v) is 6.08. The van der Waals surface area contributed by atoms with Crippen molar-refractivity contribution in [1.82, 2.24) is 10.6 Å². The molecule has 4 nitrogen and oxygen atoms in total. The van der Waals surface area contributed by atoms with Gasteiger partial charge in [0, 0.05) is 12.6 Å². The van der Waals surface area contributed by atoms with Gasteiger partial charge in [0.05, 0.1) is 6.10 Å². The third kappa shape index (κ3) is 4.21. The third-order valence-electron chi connectivity index (χ3n) is 3.81. The molecule has 3 N–H and O–H groups in total. The molecule has 0 aliphatic heterocycles. The van der Waals surface area contributed by atoms with Gasteiger partial charge in [0.2, 0.25) is 0 Å². The van der Waals surface area contributed by atoms with Crippen LogP contribution in [0.5, 0.6) is 0 Å². The highest BCUT2D eigenvalue weighted by Crippen LogP contribution is 2.23. The van der Waals surface area contributed by atoms with Gasteiger partial charge in [-0.15, -0.1) is 0 Å². The van der Waals surface area contributed by atoms with Crippen LogP contribution >= 0.6 is 11.3 Å². The Morgan fingerprint density at radius 2 is 2.32 bits per heavy atom. The standard InChI is InChI=1S/C14H22N2O2S/c1-10-4-2-3-5-12(10)16-14(18)15-8-13(17)11-6-7-19-9-11/h6-7,9-10,12-13,17H,2-5,8H2,1H3,(H2,15,16,18). The minimum absolute atomic E-state index is 0.173. The fourth-order valence-corrected chi connectivity index (χ4v) is 3.23. The first kappa shape index (κ1) is 14.3. The van der Waals surface area contributed by atoms with E-state index in [9.17, 15) is 9.90 Å². The smallest absolute Gasteiger partial charge is 0.315 e. The molecule has 3 unspecified atom stereocenters. The molecule has 1 saturated carbocycles. The Morgan fingerprint density at radius 3 is 3.00 bits per heavy atom. The topological polar surface area (TPSA) is 61.4 Å². The largest absolute Gasteiger partial charge is 0.387 e. The van der Waals surface area contributed by atoms with Gasteiger partial charge >= 0.3 is 6.03 Å². The minimum Gasteiger partial charge on any atom is -0.387 e. The van der Waals surface area contributed by atoms with E-state index in [1.807, 2.05) is 16.8 Å². The van der Waals surface area contributed by atoms with Crippen molar-refractivity contribution in [3.05, 3.63) is 22.4 Å². The Labute approximate surface area is 118 Å². The number of nitrogens with one attached hydrogen (secondary N) is 2. The molecular weight excluding hydrogens is 260 g/mol. The van der Waals surface area contributed by atoms with Crippen molar-refractivity contribution in [3.63, 3.8) is 0 Å². The average molecular weight is 282 g/mol. The SMILES string of the molecule is CC1CCCCC1NC(=O)NCC(O)c1ccsc1. The summed E-state index contributed by atoms with van der Waals surface area (Å²) in [6, 6.07) is 1.97. The van der Waals surface area contributed by atoms with Crippen LogP contribution in [0.3, 0.4) is 0 Å². The van der Waals surface area contributed by atoms with Gasteiger partial charge in [-0.1, -0.05) is 19.8 Å². The summed E-state index contributed by atoms with van der Waals surface area (Å²) in [5, 5.41) is 19.4. The molecule has 5 heteroatoms. The van der Waals surface area contributed by atoms with Gasteiger partial charge in [0.25, 0.3) is 0 Å². The summed E-state index contributed by atoms with van der Waals surface area (Å²) in [4.78, 5) is 11.8. The number of thiophene rings is 1. The maximum absolute atomic E-state index is 11.8. The number of hydrogen-bond acceptors (Lipinski definition) is 3. The van der Waals surface area contributed by atoms with Crippen LogP contribution in [0.25, 0.3) is 0 Å². The van der Waals surface area contributed by atoms with Gasteiger partial charge in [-0.05, 0) is 41.1 Å². The van der Waals surface area contributed by atoms with Crippen LogP contribution in [0, 0.1) is 5.92 Å². The van der Waals surface area contributed by atoms with Gasteiger partial charge in [0.1, 0.15) is 0 Å². The van der Waals surface area contributed by atoms with Gasteiger partial charge in [-0.3, -0.25) is 0 Å². The van der Waals surface area contributed by atoms with Crippen molar-refractivity contribution in [3.8, 4) is 0 Å². The van der Waals surface area contributed by atoms with E-state index in [4.69, 9.17) is 0 Å². The highest BCUT2D eigenvalue weighted by molar-refractivity contribution is 7.07. The second-order valence-electron chi connectivity index (χ2n) is 5.30. The first-order valence-electron chi connectivity index (χ1n) is 6.91. The zero-order valence-corrected chi connectivity index (χ0v) is 12.1. The Hall–Kier alpha value is -1.07. The highest BCUT2D eigenvalue weighted by Gasteiger charge is 2.22. The molecule has 1 aliphatic rings. The number of aliphatic hydroxyl groups excluding tert-OH is 1. The lowest BCUT2D eigenvalue weighted by atomic mass is 9.86. The Morgan fingerprint density at radius 1 is 1.53 bits per heavy atom. The molecule has 1 aromatic rings. The first-order chi connectivity index (χ1) is 9.16. The Balaban J connectivity index is 1.72. The zero-order valence-electron chi connectivity index (χ0n) is 11.3. The van der Waals surface area contributed by atoms with Gasteiger partial charge in [0.15, 0.2) is 0 Å². The molecule has 1 fully saturated rings. The van der Waals surface area contributed by atoms with E-state index in [0.29, 0.717) is 5.92 Å². The molecule has 1 aliphatic carbocycles. The van der Waals surface area contributed by atoms with Crippen LogP contribution in [0.1, 0.15) is 44.3 Å². The Bertz CT molecular complexity index is 394. The maximum Gasteiger partial charge on any atom is 0.315 e. The molecule has 0 aromatic carbocycles. The van der Waals surface area contributed by atoms with E-state index in [1.54, 1.807) is 11.3 Å². The van der Waals surface area contributed by atoms with E-state index < -0.39 is 6.10 Å². The average Bonchev–Trinajstić information content (AvgIpc) is 2.93. The van der Waals surface area contributed by atoms with Gasteiger partial charge < -0.3 is 15.7 Å². The molecule has 3 atom stereocenters. The van der Waals surface area contributed by atoms with Crippen molar-refractivity contribution in [2.24, 2.45) is 5.92 Å². The number of carbonyl (C=O) groups is 1. The highest BCUT2D eigenvalue weighted by atomic mass is 32.1. The van der Waals surface area contributed by atoms with Gasteiger partial charge in [-0.2, -0.15) is 11.3 Å². The van der Waals surface area contributed by atoms with Crippen molar-refractivity contribution < 1.29 is 9.90 Å². The number of aliphatic hydroxyl groups is 1. The van der Waals surface area contributed by atoms with Crippen molar-refractivity contribution >= 4 is 17.4 Å². The molecule has 1 heterocycles. The van der Waals surface area contributed by atoms with E-state index in [0.717, 1.165) is 12.0 Å². The summed E-state index contributed by atoms with van der Waals surface area (Å²) in [6.45, 7) is 2.44. The van der Waals surface area contributed by atoms with Crippen LogP contribution in [0.2, 0.25) is 0 Å². The van der Waals surface area contributed by atoms with Crippen LogP contribution < -0.4 is 10.6 Å². The second kappa shape index (κ2) is 6.91. The lowest BCUT2D eigenvalue weighted by Gasteiger charge is -2.29. The number of rotatable bonds is 4. The molecule has 0 saturated heterocycles. The number of amides is 2. The molecule has 2 amide bonds. The van der Waals surface area contributed by atoms with Crippen LogP contribution in [-0.2, 0) is 0 Å². The minimum atomic E-state index is -0.624. The fourth-order valence-electron chi connectivity index (χ4n) is 2.52. The van der Waals surface area contributed by atoms with Crippen LogP contribution in [0.15, 0.2) is 16.8 Å². The number of carbonyl (C=O) groups excluding carboxylic acids is 1. The molecular formula is C14H22N2O2S. The zero-order chi connectivity index (χ0) is 13.7. The summed E-state index contributed by atoms with van der Waals surface area (Å²) in [6.07, 6.45) is 4.07. The van der Waals surface area contributed by atoms with Crippen molar-refractivity contribution in [2.45, 2.75) is 44.8 Å². The van der Waals surface area contributed by atoms with Crippen LogP contribution in [-0.4, -0.2) is 23.7 Å². The lowest BCUT2D eigenvalue weighted by molar-refractivity contribution is 0.171.